The minimum absolute atomic E-state index is 0.102. The summed E-state index contributed by atoms with van der Waals surface area (Å²) >= 11 is 0. The van der Waals surface area contributed by atoms with E-state index in [-0.39, 0.29) is 11.7 Å². The van der Waals surface area contributed by atoms with Crippen molar-refractivity contribution in [2.75, 3.05) is 0 Å². The Hall–Kier alpha value is -2.95. The topological polar surface area (TPSA) is 84.9 Å². The van der Waals surface area contributed by atoms with Crippen molar-refractivity contribution in [2.45, 2.75) is 0 Å². The van der Waals surface area contributed by atoms with Gasteiger partial charge in [0.25, 0.3) is 0 Å². The lowest BCUT2D eigenvalue weighted by Gasteiger charge is -2.10. The van der Waals surface area contributed by atoms with Crippen molar-refractivity contribution in [1.82, 2.24) is 10.2 Å². The van der Waals surface area contributed by atoms with Crippen LogP contribution in [-0.4, -0.2) is 16.0 Å². The van der Waals surface area contributed by atoms with E-state index in [9.17, 15) is 0 Å². The predicted octanol–water partition coefficient (Wildman–Crippen LogP) is 2.71. The SMILES string of the molecule is N=C(N)c1ccnnc1Oc1cccc2ccccc12. The average Bonchev–Trinajstić information content (AvgIpc) is 2.48. The molecule has 0 aliphatic rings. The molecule has 3 rings (SSSR count). The minimum atomic E-state index is -0.102. The number of hydrogen-bond acceptors (Lipinski definition) is 4. The van der Waals surface area contributed by atoms with Crippen molar-refractivity contribution in [3.63, 3.8) is 0 Å². The predicted molar refractivity (Wildman–Crippen MR) is 77.1 cm³/mol. The Morgan fingerprint density at radius 1 is 1.05 bits per heavy atom. The molecule has 1 heterocycles. The van der Waals surface area contributed by atoms with Gasteiger partial charge in [0.15, 0.2) is 0 Å². The summed E-state index contributed by atoms with van der Waals surface area (Å²) in [6.07, 6.45) is 1.48. The van der Waals surface area contributed by atoms with Crippen molar-refractivity contribution in [2.24, 2.45) is 5.73 Å². The number of nitrogen functional groups attached to an aromatic ring is 1. The molecule has 0 fully saturated rings. The van der Waals surface area contributed by atoms with Gasteiger partial charge < -0.3 is 10.5 Å². The zero-order valence-corrected chi connectivity index (χ0v) is 10.6. The molecule has 0 bridgehead atoms. The number of aromatic nitrogens is 2. The van der Waals surface area contributed by atoms with Gasteiger partial charge >= 0.3 is 0 Å². The van der Waals surface area contributed by atoms with E-state index in [0.29, 0.717) is 11.3 Å². The molecule has 5 nitrogen and oxygen atoms in total. The van der Waals surface area contributed by atoms with E-state index in [1.54, 1.807) is 6.07 Å². The minimum Gasteiger partial charge on any atom is -0.436 e. The fourth-order valence-corrected chi connectivity index (χ4v) is 1.99. The van der Waals surface area contributed by atoms with Crippen LogP contribution < -0.4 is 10.5 Å². The Kier molecular flexibility index (Phi) is 3.01. The third kappa shape index (κ3) is 2.16. The summed E-state index contributed by atoms with van der Waals surface area (Å²) in [5, 5.41) is 17.3. The van der Waals surface area contributed by atoms with Crippen LogP contribution in [0.25, 0.3) is 10.8 Å². The van der Waals surface area contributed by atoms with Crippen LogP contribution in [0.3, 0.4) is 0 Å². The second-order valence-corrected chi connectivity index (χ2v) is 4.24. The first kappa shape index (κ1) is 12.1. The second-order valence-electron chi connectivity index (χ2n) is 4.24. The highest BCUT2D eigenvalue weighted by atomic mass is 16.5. The molecule has 0 unspecified atom stereocenters. The van der Waals surface area contributed by atoms with Gasteiger partial charge in [-0.15, -0.1) is 5.10 Å². The molecule has 1 aromatic heterocycles. The van der Waals surface area contributed by atoms with Crippen molar-refractivity contribution >= 4 is 16.6 Å². The van der Waals surface area contributed by atoms with Gasteiger partial charge in [0.2, 0.25) is 5.88 Å². The van der Waals surface area contributed by atoms with Crippen molar-refractivity contribution in [1.29, 1.82) is 5.41 Å². The Bertz CT molecular complexity index is 780. The van der Waals surface area contributed by atoms with Gasteiger partial charge in [-0.05, 0) is 17.5 Å². The molecule has 0 amide bonds. The summed E-state index contributed by atoms with van der Waals surface area (Å²) in [6.45, 7) is 0. The number of benzene rings is 2. The van der Waals surface area contributed by atoms with Gasteiger partial charge in [-0.2, -0.15) is 5.10 Å². The monoisotopic (exact) mass is 264 g/mol. The molecule has 0 aliphatic heterocycles. The molecule has 0 radical (unpaired) electrons. The van der Waals surface area contributed by atoms with Crippen LogP contribution in [0.5, 0.6) is 11.6 Å². The summed E-state index contributed by atoms with van der Waals surface area (Å²) < 4.78 is 5.79. The smallest absolute Gasteiger partial charge is 0.249 e. The summed E-state index contributed by atoms with van der Waals surface area (Å²) in [7, 11) is 0. The van der Waals surface area contributed by atoms with Crippen LogP contribution in [0.4, 0.5) is 0 Å². The molecule has 0 saturated carbocycles. The standard InChI is InChI=1S/C15H12N4O/c16-14(17)12-8-9-18-19-15(12)20-13-7-3-5-10-4-1-2-6-11(10)13/h1-9H,(H3,16,17). The van der Waals surface area contributed by atoms with Gasteiger partial charge in [-0.1, -0.05) is 36.4 Å². The number of hydrogen-bond donors (Lipinski definition) is 2. The van der Waals surface area contributed by atoms with Gasteiger partial charge in [0.05, 0.1) is 11.8 Å². The molecule has 3 aromatic rings. The molecule has 0 spiro atoms. The zero-order chi connectivity index (χ0) is 13.9. The number of fused-ring (bicyclic) bond motifs is 1. The normalized spacial score (nSPS) is 10.4. The van der Waals surface area contributed by atoms with E-state index in [0.717, 1.165) is 10.8 Å². The van der Waals surface area contributed by atoms with Crippen LogP contribution >= 0.6 is 0 Å². The number of amidine groups is 1. The van der Waals surface area contributed by atoms with E-state index in [1.807, 2.05) is 42.5 Å². The van der Waals surface area contributed by atoms with Gasteiger partial charge in [0, 0.05) is 5.39 Å². The summed E-state index contributed by atoms with van der Waals surface area (Å²) in [6, 6.07) is 15.2. The molecule has 0 aliphatic carbocycles. The number of ether oxygens (including phenoxy) is 1. The first-order chi connectivity index (χ1) is 9.75. The maximum atomic E-state index is 7.53. The lowest BCUT2D eigenvalue weighted by molar-refractivity contribution is 0.459. The molecular formula is C15H12N4O. The van der Waals surface area contributed by atoms with E-state index in [4.69, 9.17) is 15.9 Å². The molecule has 98 valence electrons. The number of rotatable bonds is 3. The summed E-state index contributed by atoms with van der Waals surface area (Å²) in [5.74, 6) is 0.789. The Labute approximate surface area is 115 Å². The van der Waals surface area contributed by atoms with Crippen molar-refractivity contribution in [3.05, 3.63) is 60.3 Å². The number of nitrogens with zero attached hydrogens (tertiary/aromatic N) is 2. The molecule has 0 saturated heterocycles. The van der Waals surface area contributed by atoms with Gasteiger partial charge in [-0.3, -0.25) is 5.41 Å². The summed E-state index contributed by atoms with van der Waals surface area (Å²) in [5.41, 5.74) is 5.94. The van der Waals surface area contributed by atoms with E-state index >= 15 is 0 Å². The zero-order valence-electron chi connectivity index (χ0n) is 10.6. The van der Waals surface area contributed by atoms with E-state index < -0.39 is 0 Å². The lowest BCUT2D eigenvalue weighted by atomic mass is 10.1. The Balaban J connectivity index is 2.08. The second kappa shape index (κ2) is 4.97. The summed E-state index contributed by atoms with van der Waals surface area (Å²) in [4.78, 5) is 0. The molecule has 2 aromatic carbocycles. The largest absolute Gasteiger partial charge is 0.436 e. The molecule has 0 atom stereocenters. The van der Waals surface area contributed by atoms with Crippen LogP contribution in [0.15, 0.2) is 54.7 Å². The van der Waals surface area contributed by atoms with Crippen LogP contribution in [0.2, 0.25) is 0 Å². The maximum Gasteiger partial charge on any atom is 0.249 e. The lowest BCUT2D eigenvalue weighted by Crippen LogP contribution is -2.13. The maximum absolute atomic E-state index is 7.53. The molecule has 3 N–H and O–H groups in total. The first-order valence-corrected chi connectivity index (χ1v) is 6.07. The third-order valence-electron chi connectivity index (χ3n) is 2.93. The highest BCUT2D eigenvalue weighted by Gasteiger charge is 2.11. The van der Waals surface area contributed by atoms with Gasteiger partial charge in [0.1, 0.15) is 11.6 Å². The third-order valence-corrected chi connectivity index (χ3v) is 2.93. The molecular weight excluding hydrogens is 252 g/mol. The Morgan fingerprint density at radius 2 is 1.85 bits per heavy atom. The fourth-order valence-electron chi connectivity index (χ4n) is 1.99. The highest BCUT2D eigenvalue weighted by Crippen LogP contribution is 2.29. The van der Waals surface area contributed by atoms with Crippen LogP contribution in [-0.2, 0) is 0 Å². The number of nitrogens with two attached hydrogens (primary N) is 1. The van der Waals surface area contributed by atoms with E-state index in [1.165, 1.54) is 6.20 Å². The van der Waals surface area contributed by atoms with Crippen molar-refractivity contribution < 1.29 is 4.74 Å². The Morgan fingerprint density at radius 3 is 2.70 bits per heavy atom. The van der Waals surface area contributed by atoms with Gasteiger partial charge in [-0.25, -0.2) is 0 Å². The van der Waals surface area contributed by atoms with Crippen molar-refractivity contribution in [3.8, 4) is 11.6 Å². The van der Waals surface area contributed by atoms with E-state index in [2.05, 4.69) is 10.2 Å². The first-order valence-electron chi connectivity index (χ1n) is 6.07. The number of nitrogens with one attached hydrogen (secondary N) is 1. The fraction of sp³-hybridized carbons (Fsp3) is 0. The molecule has 5 heteroatoms. The highest BCUT2D eigenvalue weighted by molar-refractivity contribution is 5.97. The van der Waals surface area contributed by atoms with Crippen LogP contribution in [0.1, 0.15) is 5.56 Å². The average molecular weight is 264 g/mol. The van der Waals surface area contributed by atoms with Crippen LogP contribution in [0, 0.1) is 5.41 Å². The quantitative estimate of drug-likeness (QED) is 0.562. The molecule has 20 heavy (non-hydrogen) atoms.